The first-order valence-electron chi connectivity index (χ1n) is 7.03. The lowest BCUT2D eigenvalue weighted by molar-refractivity contribution is 0.00111. The first-order chi connectivity index (χ1) is 10.5. The monoisotopic (exact) mass is 305 g/mol. The van der Waals surface area contributed by atoms with Gasteiger partial charge in [0.25, 0.3) is 5.91 Å². The maximum atomic E-state index is 12.4. The van der Waals surface area contributed by atoms with Crippen LogP contribution in [0.5, 0.6) is 17.2 Å². The lowest BCUT2D eigenvalue weighted by atomic mass is 9.75. The van der Waals surface area contributed by atoms with Crippen molar-refractivity contribution >= 4 is 11.5 Å². The van der Waals surface area contributed by atoms with Crippen LogP contribution in [0.2, 0.25) is 0 Å². The predicted molar refractivity (Wildman–Crippen MR) is 74.6 cm³/mol. The second kappa shape index (κ2) is 4.37. The van der Waals surface area contributed by atoms with Gasteiger partial charge in [0.05, 0.1) is 23.8 Å². The summed E-state index contributed by atoms with van der Waals surface area (Å²) in [4.78, 5) is 12.4. The average Bonchev–Trinajstić information content (AvgIpc) is 2.95. The zero-order valence-electron chi connectivity index (χ0n) is 11.7. The molecule has 1 amide bonds. The Balaban J connectivity index is 1.95. The van der Waals surface area contributed by atoms with E-state index in [1.807, 2.05) is 0 Å². The summed E-state index contributed by atoms with van der Waals surface area (Å²) >= 11 is 0. The third-order valence-electron chi connectivity index (χ3n) is 4.56. The number of fused-ring (bicyclic) bond motifs is 4. The SMILES string of the molecule is C[C@@H]1[C@H](O)[C@@H](O)C=C2c3cc4c(c(O)c3C(=O)N[C@H]21)OCO4. The first-order valence-corrected chi connectivity index (χ1v) is 7.03. The molecule has 0 spiro atoms. The quantitative estimate of drug-likeness (QED) is 0.537. The highest BCUT2D eigenvalue weighted by Gasteiger charge is 2.43. The van der Waals surface area contributed by atoms with Crippen molar-refractivity contribution in [2.24, 2.45) is 5.92 Å². The van der Waals surface area contributed by atoms with Crippen LogP contribution in [0.1, 0.15) is 22.8 Å². The number of ether oxygens (including phenoxy) is 2. The van der Waals surface area contributed by atoms with E-state index in [0.717, 1.165) is 0 Å². The van der Waals surface area contributed by atoms with Crippen LogP contribution in [-0.2, 0) is 0 Å². The maximum absolute atomic E-state index is 12.4. The van der Waals surface area contributed by atoms with Crippen LogP contribution in [0.15, 0.2) is 12.1 Å². The van der Waals surface area contributed by atoms with Crippen molar-refractivity contribution in [3.63, 3.8) is 0 Å². The Labute approximate surface area is 125 Å². The number of aliphatic hydroxyl groups is 2. The van der Waals surface area contributed by atoms with Crippen LogP contribution < -0.4 is 14.8 Å². The number of rotatable bonds is 0. The van der Waals surface area contributed by atoms with Crippen LogP contribution in [0, 0.1) is 5.92 Å². The number of benzene rings is 1. The van der Waals surface area contributed by atoms with Crippen molar-refractivity contribution < 1.29 is 29.6 Å². The summed E-state index contributed by atoms with van der Waals surface area (Å²) in [5, 5.41) is 33.0. The van der Waals surface area contributed by atoms with Gasteiger partial charge < -0.3 is 30.1 Å². The van der Waals surface area contributed by atoms with Gasteiger partial charge in [-0.25, -0.2) is 0 Å². The number of aliphatic hydroxyl groups excluding tert-OH is 2. The fourth-order valence-electron chi connectivity index (χ4n) is 3.34. The highest BCUT2D eigenvalue weighted by atomic mass is 16.7. The second-order valence-electron chi connectivity index (χ2n) is 5.79. The van der Waals surface area contributed by atoms with Crippen LogP contribution in [0.3, 0.4) is 0 Å². The van der Waals surface area contributed by atoms with E-state index >= 15 is 0 Å². The Bertz CT molecular complexity index is 712. The largest absolute Gasteiger partial charge is 0.504 e. The van der Waals surface area contributed by atoms with Crippen LogP contribution >= 0.6 is 0 Å². The molecule has 7 nitrogen and oxygen atoms in total. The molecule has 116 valence electrons. The van der Waals surface area contributed by atoms with Gasteiger partial charge >= 0.3 is 0 Å². The van der Waals surface area contributed by atoms with Gasteiger partial charge in [-0.15, -0.1) is 0 Å². The number of carbonyl (C=O) groups excluding carboxylic acids is 1. The summed E-state index contributed by atoms with van der Waals surface area (Å²) in [5.41, 5.74) is 1.25. The first kappa shape index (κ1) is 13.4. The van der Waals surface area contributed by atoms with Crippen molar-refractivity contribution in [2.45, 2.75) is 25.2 Å². The molecule has 0 bridgehead atoms. The topological polar surface area (TPSA) is 108 Å². The molecule has 0 fully saturated rings. The van der Waals surface area contributed by atoms with E-state index in [1.54, 1.807) is 13.0 Å². The van der Waals surface area contributed by atoms with E-state index in [9.17, 15) is 20.1 Å². The van der Waals surface area contributed by atoms with Crippen LogP contribution in [-0.4, -0.2) is 46.3 Å². The van der Waals surface area contributed by atoms with E-state index in [1.165, 1.54) is 6.08 Å². The smallest absolute Gasteiger partial charge is 0.256 e. The van der Waals surface area contributed by atoms with Gasteiger partial charge in [0, 0.05) is 5.92 Å². The molecule has 0 saturated heterocycles. The van der Waals surface area contributed by atoms with E-state index < -0.39 is 24.2 Å². The number of carbonyl (C=O) groups is 1. The Morgan fingerprint density at radius 1 is 1.32 bits per heavy atom. The number of phenolic OH excluding ortho intramolecular Hbond substituents is 1. The number of phenols is 1. The normalized spacial score (nSPS) is 32.0. The molecule has 1 aromatic carbocycles. The van der Waals surface area contributed by atoms with E-state index in [2.05, 4.69) is 5.32 Å². The molecule has 0 aromatic heterocycles. The third kappa shape index (κ3) is 1.60. The second-order valence-corrected chi connectivity index (χ2v) is 5.79. The van der Waals surface area contributed by atoms with Gasteiger partial charge in [0.1, 0.15) is 0 Å². The molecule has 0 unspecified atom stereocenters. The van der Waals surface area contributed by atoms with Gasteiger partial charge in [-0.1, -0.05) is 6.92 Å². The van der Waals surface area contributed by atoms with Crippen molar-refractivity contribution in [2.75, 3.05) is 6.79 Å². The fraction of sp³-hybridized carbons (Fsp3) is 0.400. The average molecular weight is 305 g/mol. The van der Waals surface area contributed by atoms with Gasteiger partial charge in [0.15, 0.2) is 11.5 Å². The fourth-order valence-corrected chi connectivity index (χ4v) is 3.34. The molecule has 0 radical (unpaired) electrons. The molecule has 4 atom stereocenters. The highest BCUT2D eigenvalue weighted by molar-refractivity contribution is 6.07. The lowest BCUT2D eigenvalue weighted by Gasteiger charge is -2.40. The van der Waals surface area contributed by atoms with Gasteiger partial charge in [0.2, 0.25) is 12.5 Å². The van der Waals surface area contributed by atoms with E-state index in [0.29, 0.717) is 16.9 Å². The summed E-state index contributed by atoms with van der Waals surface area (Å²) in [6, 6.07) is 1.20. The van der Waals surface area contributed by atoms with Gasteiger partial charge in [-0.2, -0.15) is 0 Å². The molecule has 22 heavy (non-hydrogen) atoms. The number of aromatic hydroxyl groups is 1. The summed E-state index contributed by atoms with van der Waals surface area (Å²) in [7, 11) is 0. The lowest BCUT2D eigenvalue weighted by Crippen LogP contribution is -2.52. The minimum atomic E-state index is -1.03. The molecular weight excluding hydrogens is 290 g/mol. The van der Waals surface area contributed by atoms with Gasteiger partial charge in [-0.3, -0.25) is 4.79 Å². The Morgan fingerprint density at radius 2 is 2.09 bits per heavy atom. The number of hydrogen-bond donors (Lipinski definition) is 4. The molecular formula is C15H15NO6. The molecule has 3 aliphatic rings. The molecule has 0 saturated carbocycles. The molecule has 2 heterocycles. The summed E-state index contributed by atoms with van der Waals surface area (Å²) in [5.74, 6) is -0.561. The molecule has 4 N–H and O–H groups in total. The van der Waals surface area contributed by atoms with Crippen molar-refractivity contribution in [3.8, 4) is 17.2 Å². The summed E-state index contributed by atoms with van der Waals surface area (Å²) in [6.07, 6.45) is -0.482. The predicted octanol–water partition coefficient (Wildman–Crippen LogP) is -0.0122. The molecule has 7 heteroatoms. The molecule has 1 aliphatic carbocycles. The minimum Gasteiger partial charge on any atom is -0.504 e. The zero-order valence-corrected chi connectivity index (χ0v) is 11.7. The van der Waals surface area contributed by atoms with Crippen molar-refractivity contribution in [1.29, 1.82) is 0 Å². The summed E-state index contributed by atoms with van der Waals surface area (Å²) in [6.45, 7) is 1.73. The third-order valence-corrected chi connectivity index (χ3v) is 4.56. The van der Waals surface area contributed by atoms with E-state index in [4.69, 9.17) is 9.47 Å². The molecule has 4 rings (SSSR count). The summed E-state index contributed by atoms with van der Waals surface area (Å²) < 4.78 is 10.5. The van der Waals surface area contributed by atoms with Crippen molar-refractivity contribution in [1.82, 2.24) is 5.32 Å². The zero-order chi connectivity index (χ0) is 15.6. The van der Waals surface area contributed by atoms with Crippen molar-refractivity contribution in [3.05, 3.63) is 23.3 Å². The maximum Gasteiger partial charge on any atom is 0.256 e. The minimum absolute atomic E-state index is 0.0202. The highest BCUT2D eigenvalue weighted by Crippen LogP contribution is 2.49. The Hall–Kier alpha value is -2.25. The number of nitrogens with one attached hydrogen (secondary N) is 1. The molecule has 1 aromatic rings. The number of hydrogen-bond acceptors (Lipinski definition) is 6. The Morgan fingerprint density at radius 3 is 2.86 bits per heavy atom. The van der Waals surface area contributed by atoms with Crippen LogP contribution in [0.4, 0.5) is 0 Å². The van der Waals surface area contributed by atoms with E-state index in [-0.39, 0.29) is 29.8 Å². The van der Waals surface area contributed by atoms with Gasteiger partial charge in [-0.05, 0) is 23.3 Å². The number of amides is 1. The Kier molecular flexibility index (Phi) is 2.67. The molecule has 2 aliphatic heterocycles. The standard InChI is InChI=1S/C15H15NO6/c1-5-11-7(2-8(17)12(5)18)6-3-9-14(22-4-21-9)13(19)10(6)15(20)16-11/h2-3,5,8,11-12,17-19H,4H2,1H3,(H,16,20)/t5-,8-,11-,12-/m0/s1. The van der Waals surface area contributed by atoms with Crippen LogP contribution in [0.25, 0.3) is 5.57 Å².